The van der Waals surface area contributed by atoms with E-state index in [1.807, 2.05) is 38.1 Å². The van der Waals surface area contributed by atoms with Gasteiger partial charge in [0.1, 0.15) is 17.0 Å². The van der Waals surface area contributed by atoms with Crippen molar-refractivity contribution in [3.8, 4) is 5.75 Å². The monoisotopic (exact) mass is 324 g/mol. The molecule has 1 aromatic carbocycles. The number of nitrogens with one attached hydrogen (secondary N) is 1. The number of benzene rings is 1. The molecule has 3 aromatic rings. The molecule has 6 nitrogen and oxygen atoms in total. The first kappa shape index (κ1) is 16.0. The van der Waals surface area contributed by atoms with Crippen LogP contribution in [0.2, 0.25) is 0 Å². The molecule has 3 rings (SSSR count). The number of aromatic hydroxyl groups is 1. The van der Waals surface area contributed by atoms with E-state index in [1.165, 1.54) is 6.20 Å². The van der Waals surface area contributed by atoms with Gasteiger partial charge in [0.2, 0.25) is 0 Å². The van der Waals surface area contributed by atoms with Crippen molar-refractivity contribution in [1.29, 1.82) is 0 Å². The van der Waals surface area contributed by atoms with E-state index < -0.39 is 0 Å². The van der Waals surface area contributed by atoms with Gasteiger partial charge in [-0.15, -0.1) is 0 Å². The van der Waals surface area contributed by atoms with Crippen molar-refractivity contribution in [2.75, 3.05) is 0 Å². The molecule has 2 N–H and O–H groups in total. The van der Waals surface area contributed by atoms with Crippen molar-refractivity contribution in [3.63, 3.8) is 0 Å². The second kappa shape index (κ2) is 6.31. The molecule has 0 aliphatic heterocycles. The number of fused-ring (bicyclic) bond motifs is 1. The lowest BCUT2D eigenvalue weighted by molar-refractivity contribution is 0.0917. The third kappa shape index (κ3) is 2.82. The van der Waals surface area contributed by atoms with Gasteiger partial charge >= 0.3 is 0 Å². The molecule has 6 heteroatoms. The maximum Gasteiger partial charge on any atom is 0.270 e. The Morgan fingerprint density at radius 1 is 1.29 bits per heavy atom. The van der Waals surface area contributed by atoms with Gasteiger partial charge in [-0.05, 0) is 12.0 Å². The van der Waals surface area contributed by atoms with Crippen LogP contribution in [-0.4, -0.2) is 25.5 Å². The number of rotatable bonds is 4. The van der Waals surface area contributed by atoms with E-state index in [0.29, 0.717) is 16.8 Å². The minimum atomic E-state index is -0.334. The highest BCUT2D eigenvalue weighted by Gasteiger charge is 2.24. The first-order valence-electron chi connectivity index (χ1n) is 7.83. The molecule has 2 aromatic heterocycles. The highest BCUT2D eigenvalue weighted by atomic mass is 16.3. The molecule has 1 unspecified atom stereocenters. The van der Waals surface area contributed by atoms with E-state index in [1.54, 1.807) is 24.1 Å². The number of phenols is 1. The van der Waals surface area contributed by atoms with Crippen molar-refractivity contribution < 1.29 is 9.90 Å². The summed E-state index contributed by atoms with van der Waals surface area (Å²) in [6.45, 7) is 3.99. The van der Waals surface area contributed by atoms with Crippen LogP contribution in [0.25, 0.3) is 10.9 Å². The maximum absolute atomic E-state index is 12.5. The number of hydrogen-bond acceptors (Lipinski definition) is 4. The van der Waals surface area contributed by atoms with Crippen molar-refractivity contribution in [3.05, 3.63) is 54.2 Å². The molecule has 1 atom stereocenters. The molecule has 1 amide bonds. The molecule has 0 fully saturated rings. The summed E-state index contributed by atoms with van der Waals surface area (Å²) in [5.41, 5.74) is 1.67. The van der Waals surface area contributed by atoms with E-state index in [4.69, 9.17) is 0 Å². The fourth-order valence-electron chi connectivity index (χ4n) is 2.79. The van der Waals surface area contributed by atoms with Gasteiger partial charge in [0.15, 0.2) is 0 Å². The molecule has 124 valence electrons. The standard InChI is InChI=1S/C18H20N4O2/c1-11(2)15(21-18(24)14-9-19-10-22(14)3)13-7-6-12-5-4-8-20-16(12)17(13)23/h4-11,15,23H,1-3H3,(H,21,24). The van der Waals surface area contributed by atoms with Crippen LogP contribution >= 0.6 is 0 Å². The number of aryl methyl sites for hydroxylation is 1. The first-order valence-corrected chi connectivity index (χ1v) is 7.83. The number of aromatic nitrogens is 3. The Labute approximate surface area is 140 Å². The van der Waals surface area contributed by atoms with Crippen molar-refractivity contribution >= 4 is 16.8 Å². The highest BCUT2D eigenvalue weighted by Crippen LogP contribution is 2.34. The van der Waals surface area contributed by atoms with E-state index >= 15 is 0 Å². The summed E-state index contributed by atoms with van der Waals surface area (Å²) < 4.78 is 1.66. The predicted molar refractivity (Wildman–Crippen MR) is 91.7 cm³/mol. The molecule has 0 saturated heterocycles. The van der Waals surface area contributed by atoms with Crippen LogP contribution in [0, 0.1) is 5.92 Å². The molecular weight excluding hydrogens is 304 g/mol. The average molecular weight is 324 g/mol. The molecular formula is C18H20N4O2. The fraction of sp³-hybridized carbons (Fsp3) is 0.278. The molecule has 0 spiro atoms. The zero-order valence-electron chi connectivity index (χ0n) is 13.9. The van der Waals surface area contributed by atoms with Gasteiger partial charge in [0, 0.05) is 24.2 Å². The summed E-state index contributed by atoms with van der Waals surface area (Å²) in [6, 6.07) is 7.13. The Morgan fingerprint density at radius 3 is 2.75 bits per heavy atom. The van der Waals surface area contributed by atoms with E-state index in [9.17, 15) is 9.90 Å². The predicted octanol–water partition coefficient (Wildman–Crippen LogP) is 2.80. The quantitative estimate of drug-likeness (QED) is 0.773. The normalized spacial score (nSPS) is 12.5. The van der Waals surface area contributed by atoms with Crippen molar-refractivity contribution in [1.82, 2.24) is 19.9 Å². The van der Waals surface area contributed by atoms with E-state index in [0.717, 1.165) is 5.39 Å². The van der Waals surface area contributed by atoms with Crippen LogP contribution in [0.4, 0.5) is 0 Å². The van der Waals surface area contributed by atoms with Gasteiger partial charge in [-0.25, -0.2) is 4.98 Å². The summed E-state index contributed by atoms with van der Waals surface area (Å²) in [5.74, 6) is -0.0273. The molecule has 0 bridgehead atoms. The second-order valence-corrected chi connectivity index (χ2v) is 6.16. The summed E-state index contributed by atoms with van der Waals surface area (Å²) in [7, 11) is 1.77. The number of pyridine rings is 1. The minimum Gasteiger partial charge on any atom is -0.505 e. The molecule has 24 heavy (non-hydrogen) atoms. The molecule has 0 aliphatic carbocycles. The molecule has 0 aliphatic rings. The zero-order valence-corrected chi connectivity index (χ0v) is 13.9. The fourth-order valence-corrected chi connectivity index (χ4v) is 2.79. The average Bonchev–Trinajstić information content (AvgIpc) is 2.99. The Bertz CT molecular complexity index is 886. The Hall–Kier alpha value is -2.89. The first-order chi connectivity index (χ1) is 11.5. The summed E-state index contributed by atoms with van der Waals surface area (Å²) in [5, 5.41) is 14.5. The molecule has 0 saturated carbocycles. The van der Waals surface area contributed by atoms with Crippen molar-refractivity contribution in [2.24, 2.45) is 13.0 Å². The number of carbonyl (C=O) groups is 1. The van der Waals surface area contributed by atoms with Gasteiger partial charge < -0.3 is 15.0 Å². The van der Waals surface area contributed by atoms with Gasteiger partial charge in [0.25, 0.3) is 5.91 Å². The highest BCUT2D eigenvalue weighted by molar-refractivity contribution is 5.93. The lowest BCUT2D eigenvalue weighted by Gasteiger charge is -2.24. The van der Waals surface area contributed by atoms with Crippen LogP contribution in [0.5, 0.6) is 5.75 Å². The van der Waals surface area contributed by atoms with Crippen LogP contribution < -0.4 is 5.32 Å². The number of phenolic OH excluding ortho intramolecular Hbond substituents is 1. The van der Waals surface area contributed by atoms with Crippen LogP contribution in [-0.2, 0) is 7.05 Å². The summed E-state index contributed by atoms with van der Waals surface area (Å²) in [4.78, 5) is 20.7. The summed E-state index contributed by atoms with van der Waals surface area (Å²) in [6.07, 6.45) is 4.75. The largest absolute Gasteiger partial charge is 0.505 e. The third-order valence-electron chi connectivity index (χ3n) is 4.12. The second-order valence-electron chi connectivity index (χ2n) is 6.16. The lowest BCUT2D eigenvalue weighted by atomic mass is 9.94. The smallest absolute Gasteiger partial charge is 0.270 e. The van der Waals surface area contributed by atoms with E-state index in [-0.39, 0.29) is 23.6 Å². The van der Waals surface area contributed by atoms with Crippen LogP contribution in [0.15, 0.2) is 43.0 Å². The topological polar surface area (TPSA) is 80.0 Å². The van der Waals surface area contributed by atoms with Gasteiger partial charge in [0.05, 0.1) is 18.6 Å². The van der Waals surface area contributed by atoms with Gasteiger partial charge in [-0.3, -0.25) is 9.78 Å². The number of nitrogens with zero attached hydrogens (tertiary/aromatic N) is 3. The zero-order chi connectivity index (χ0) is 17.3. The van der Waals surface area contributed by atoms with Crippen LogP contribution in [0.1, 0.15) is 35.9 Å². The van der Waals surface area contributed by atoms with E-state index in [2.05, 4.69) is 15.3 Å². The number of carbonyl (C=O) groups excluding carboxylic acids is 1. The Balaban J connectivity index is 1.98. The minimum absolute atomic E-state index is 0.0919. The lowest BCUT2D eigenvalue weighted by Crippen LogP contribution is -2.32. The van der Waals surface area contributed by atoms with Gasteiger partial charge in [-0.1, -0.05) is 32.0 Å². The number of imidazole rings is 1. The van der Waals surface area contributed by atoms with Crippen molar-refractivity contribution in [2.45, 2.75) is 19.9 Å². The molecule has 2 heterocycles. The van der Waals surface area contributed by atoms with Gasteiger partial charge in [-0.2, -0.15) is 0 Å². The Morgan fingerprint density at radius 2 is 2.08 bits per heavy atom. The molecule has 0 radical (unpaired) electrons. The number of amides is 1. The SMILES string of the molecule is CC(C)C(NC(=O)c1cncn1C)c1ccc2cccnc2c1O. The third-order valence-corrected chi connectivity index (χ3v) is 4.12. The maximum atomic E-state index is 12.5. The van der Waals surface area contributed by atoms with Crippen LogP contribution in [0.3, 0.4) is 0 Å². The Kier molecular flexibility index (Phi) is 4.20. The summed E-state index contributed by atoms with van der Waals surface area (Å²) >= 11 is 0. The number of hydrogen-bond donors (Lipinski definition) is 2.